The van der Waals surface area contributed by atoms with Crippen molar-refractivity contribution in [3.05, 3.63) is 51.2 Å². The summed E-state index contributed by atoms with van der Waals surface area (Å²) in [6, 6.07) is 7.32. The van der Waals surface area contributed by atoms with Gasteiger partial charge in [0.2, 0.25) is 5.56 Å². The Balaban J connectivity index is 0.00000312. The van der Waals surface area contributed by atoms with Crippen molar-refractivity contribution in [2.24, 2.45) is 12.5 Å². The standard InChI is InChI=1S/C18H21N2O4.Rh/c1-11(15(21)19-24-17(23)18(2,3)4)10-13-12-8-6-7-9-14(12)20(5)16(13)22;/h6-10H,1-5H3,(H,19,21);/q-1;+2/p-1/b11-10-;. The van der Waals surface area contributed by atoms with Crippen LogP contribution in [0.5, 0.6) is 0 Å². The summed E-state index contributed by atoms with van der Waals surface area (Å²) in [5, 5.41) is 0.754. The van der Waals surface area contributed by atoms with Crippen LogP contribution in [0.15, 0.2) is 34.6 Å². The molecule has 0 atom stereocenters. The third-order valence-corrected chi connectivity index (χ3v) is 3.61. The Labute approximate surface area is 158 Å². The van der Waals surface area contributed by atoms with Crippen LogP contribution in [-0.2, 0) is 41.0 Å². The van der Waals surface area contributed by atoms with E-state index < -0.39 is 17.3 Å². The van der Waals surface area contributed by atoms with Crippen molar-refractivity contribution in [1.29, 1.82) is 0 Å². The molecular weight excluding hydrogens is 411 g/mol. The normalized spacial score (nSPS) is 11.8. The maximum absolute atomic E-state index is 12.3. The minimum Gasteiger partial charge on any atom is -0.529 e. The number of hydrogen-bond acceptors (Lipinski definition) is 4. The molecule has 0 aliphatic rings. The predicted molar refractivity (Wildman–Crippen MR) is 92.3 cm³/mol. The largest absolute Gasteiger partial charge is 2.00 e. The molecule has 1 amide bonds. The molecule has 0 saturated heterocycles. The van der Waals surface area contributed by atoms with Crippen molar-refractivity contribution in [3.8, 4) is 0 Å². The number of hydroxylamine groups is 1. The van der Waals surface area contributed by atoms with E-state index in [1.54, 1.807) is 27.8 Å². The maximum atomic E-state index is 12.3. The summed E-state index contributed by atoms with van der Waals surface area (Å²) in [5.41, 5.74) is 3.80. The molecule has 2 aromatic rings. The molecular formula is C18H20N2O4Rh. The average molecular weight is 431 g/mol. The van der Waals surface area contributed by atoms with E-state index in [9.17, 15) is 14.4 Å². The van der Waals surface area contributed by atoms with Crippen LogP contribution in [0, 0.1) is 5.41 Å². The van der Waals surface area contributed by atoms with Gasteiger partial charge in [0.05, 0.1) is 11.3 Å². The first-order chi connectivity index (χ1) is 11.1. The van der Waals surface area contributed by atoms with Gasteiger partial charge in [-0.25, -0.2) is 0 Å². The van der Waals surface area contributed by atoms with Crippen LogP contribution in [0.25, 0.3) is 22.5 Å². The molecule has 1 aromatic heterocycles. The molecule has 0 aliphatic heterocycles. The number of nitrogens with zero attached hydrogens (tertiary/aromatic N) is 2. The third-order valence-electron chi connectivity index (χ3n) is 3.61. The molecule has 2 rings (SSSR count). The van der Waals surface area contributed by atoms with Gasteiger partial charge in [0.15, 0.2) is 0 Å². The fourth-order valence-corrected chi connectivity index (χ4v) is 2.11. The predicted octanol–water partition coefficient (Wildman–Crippen LogP) is 3.06. The summed E-state index contributed by atoms with van der Waals surface area (Å²) < 4.78 is 1.52. The van der Waals surface area contributed by atoms with Crippen LogP contribution >= 0.6 is 0 Å². The van der Waals surface area contributed by atoms with E-state index in [0.717, 1.165) is 10.9 Å². The van der Waals surface area contributed by atoms with Gasteiger partial charge in [-0.3, -0.25) is 9.59 Å². The second-order valence-corrected chi connectivity index (χ2v) is 6.65. The van der Waals surface area contributed by atoms with Crippen LogP contribution in [0.3, 0.4) is 0 Å². The summed E-state index contributed by atoms with van der Waals surface area (Å²) in [5.74, 6) is -1.29. The monoisotopic (exact) mass is 431 g/mol. The van der Waals surface area contributed by atoms with Crippen molar-refractivity contribution >= 4 is 28.9 Å². The summed E-state index contributed by atoms with van der Waals surface area (Å²) in [4.78, 5) is 40.7. The van der Waals surface area contributed by atoms with Crippen LogP contribution < -0.4 is 5.56 Å². The second kappa shape index (κ2) is 7.83. The van der Waals surface area contributed by atoms with Gasteiger partial charge >= 0.3 is 25.4 Å². The molecule has 0 spiro atoms. The summed E-state index contributed by atoms with van der Waals surface area (Å²) >= 11 is 0. The van der Waals surface area contributed by atoms with Gasteiger partial charge in [-0.15, -0.1) is 23.6 Å². The minimum atomic E-state index is -0.751. The molecule has 0 N–H and O–H groups in total. The fraction of sp³-hybridized carbons (Fsp3) is 0.333. The topological polar surface area (TPSA) is 79.5 Å². The van der Waals surface area contributed by atoms with Crippen molar-refractivity contribution in [1.82, 2.24) is 4.57 Å². The molecule has 0 saturated carbocycles. The zero-order valence-corrected chi connectivity index (χ0v) is 16.4. The fourth-order valence-electron chi connectivity index (χ4n) is 2.11. The van der Waals surface area contributed by atoms with Gasteiger partial charge in [0, 0.05) is 7.05 Å². The molecule has 1 radical (unpaired) electrons. The van der Waals surface area contributed by atoms with Crippen LogP contribution in [-0.4, -0.2) is 16.4 Å². The smallest absolute Gasteiger partial charge is 0.529 e. The van der Waals surface area contributed by atoms with Gasteiger partial charge in [0.1, 0.15) is 0 Å². The summed E-state index contributed by atoms with van der Waals surface area (Å²) in [6.07, 6.45) is 1.47. The van der Waals surface area contributed by atoms with Crippen molar-refractivity contribution < 1.29 is 33.9 Å². The Morgan fingerprint density at radius 2 is 1.84 bits per heavy atom. The third kappa shape index (κ3) is 4.48. The second-order valence-electron chi connectivity index (χ2n) is 6.65. The zero-order valence-electron chi connectivity index (χ0n) is 14.7. The Bertz CT molecular complexity index is 885. The van der Waals surface area contributed by atoms with Crippen LogP contribution in [0.2, 0.25) is 0 Å². The van der Waals surface area contributed by atoms with Crippen LogP contribution in [0.1, 0.15) is 33.3 Å². The van der Waals surface area contributed by atoms with Crippen LogP contribution in [0.4, 0.5) is 0 Å². The van der Waals surface area contributed by atoms with Gasteiger partial charge in [-0.2, -0.15) is 0 Å². The number of para-hydroxylation sites is 1. The number of rotatable bonds is 2. The Kier molecular flexibility index (Phi) is 6.55. The Morgan fingerprint density at radius 1 is 1.24 bits per heavy atom. The van der Waals surface area contributed by atoms with E-state index in [-0.39, 0.29) is 30.6 Å². The first-order valence-electron chi connectivity index (χ1n) is 7.52. The minimum absolute atomic E-state index is 0. The quantitative estimate of drug-likeness (QED) is 0.317. The molecule has 1 aromatic carbocycles. The molecule has 0 unspecified atom stereocenters. The van der Waals surface area contributed by atoms with Gasteiger partial charge in [-0.05, 0) is 31.9 Å². The van der Waals surface area contributed by atoms with Gasteiger partial charge < -0.3 is 19.7 Å². The first-order valence-corrected chi connectivity index (χ1v) is 7.52. The molecule has 135 valence electrons. The van der Waals surface area contributed by atoms with E-state index in [1.165, 1.54) is 17.6 Å². The summed E-state index contributed by atoms with van der Waals surface area (Å²) in [7, 11) is 1.68. The van der Waals surface area contributed by atoms with E-state index in [0.29, 0.717) is 5.56 Å². The Morgan fingerprint density at radius 3 is 2.44 bits per heavy atom. The number of carbonyl (C=O) groups excluding carboxylic acids is 2. The van der Waals surface area contributed by atoms with Crippen molar-refractivity contribution in [3.63, 3.8) is 0 Å². The molecule has 0 fully saturated rings. The molecule has 25 heavy (non-hydrogen) atoms. The van der Waals surface area contributed by atoms with Gasteiger partial charge in [-0.1, -0.05) is 24.6 Å². The summed E-state index contributed by atoms with van der Waals surface area (Å²) in [6.45, 7) is 6.52. The number of aromatic nitrogens is 1. The van der Waals surface area contributed by atoms with E-state index in [4.69, 9.17) is 0 Å². The zero-order chi connectivity index (χ0) is 18.1. The maximum Gasteiger partial charge on any atom is 2.00 e. The molecule has 6 nitrogen and oxygen atoms in total. The number of fused-ring (bicyclic) bond motifs is 1. The number of aryl methyl sites for hydroxylation is 1. The van der Waals surface area contributed by atoms with E-state index in [1.807, 2.05) is 24.3 Å². The van der Waals surface area contributed by atoms with Gasteiger partial charge in [0.25, 0.3) is 0 Å². The molecule has 1 heterocycles. The van der Waals surface area contributed by atoms with Crippen molar-refractivity contribution in [2.75, 3.05) is 0 Å². The number of hydrogen-bond donors (Lipinski definition) is 0. The van der Waals surface area contributed by atoms with E-state index >= 15 is 0 Å². The number of amides is 1. The van der Waals surface area contributed by atoms with Crippen molar-refractivity contribution in [2.45, 2.75) is 27.7 Å². The Hall–Kier alpha value is -2.14. The number of carbonyl (C=O) groups is 2. The molecule has 7 heteroatoms. The van der Waals surface area contributed by atoms with E-state index in [2.05, 4.69) is 10.3 Å². The number of benzene rings is 1. The first kappa shape index (κ1) is 20.9. The molecule has 0 bridgehead atoms. The SMILES string of the molecule is C/C(=C/[c-]1c(=O)n(C)c2ccccc21)C(=O)[N-]OC(=O)C(C)(C)C.[Rh+2]. The average Bonchev–Trinajstić information content (AvgIpc) is 2.76. The molecule has 0 aliphatic carbocycles.